The molecule has 5 nitrogen and oxygen atoms in total. The summed E-state index contributed by atoms with van der Waals surface area (Å²) >= 11 is 3.03. The summed E-state index contributed by atoms with van der Waals surface area (Å²) in [6.45, 7) is 0.390. The van der Waals surface area contributed by atoms with Gasteiger partial charge in [0.05, 0.1) is 31.2 Å². The van der Waals surface area contributed by atoms with Crippen molar-refractivity contribution in [2.75, 3.05) is 7.11 Å². The van der Waals surface area contributed by atoms with Gasteiger partial charge in [0.2, 0.25) is 0 Å². The summed E-state index contributed by atoms with van der Waals surface area (Å²) in [5, 5.41) is 2.88. The van der Waals surface area contributed by atoms with Crippen molar-refractivity contribution in [2.45, 2.75) is 6.54 Å². The number of aromatic nitrogens is 3. The fourth-order valence-electron chi connectivity index (χ4n) is 3.25. The van der Waals surface area contributed by atoms with E-state index in [1.165, 1.54) is 11.3 Å². The second-order valence-corrected chi connectivity index (χ2v) is 8.65. The zero-order valence-corrected chi connectivity index (χ0v) is 17.7. The Kier molecular flexibility index (Phi) is 4.90. The molecule has 0 fully saturated rings. The summed E-state index contributed by atoms with van der Waals surface area (Å²) in [5.41, 5.74) is 3.62. The van der Waals surface area contributed by atoms with Crippen LogP contribution in [-0.2, 0) is 6.54 Å². The third-order valence-corrected chi connectivity index (χ3v) is 6.86. The molecule has 30 heavy (non-hydrogen) atoms. The van der Waals surface area contributed by atoms with Crippen LogP contribution in [0.5, 0.6) is 5.75 Å². The molecular weight excluding hydrogens is 414 g/mol. The lowest BCUT2D eigenvalue weighted by Crippen LogP contribution is -2.20. The highest BCUT2D eigenvalue weighted by Gasteiger charge is 2.12. The molecule has 3 aromatic heterocycles. The first-order valence-corrected chi connectivity index (χ1v) is 11.0. The van der Waals surface area contributed by atoms with Crippen molar-refractivity contribution < 1.29 is 4.74 Å². The van der Waals surface area contributed by atoms with Crippen molar-refractivity contribution >= 4 is 32.9 Å². The first-order chi connectivity index (χ1) is 14.7. The summed E-state index contributed by atoms with van der Waals surface area (Å²) in [7, 11) is 1.65. The highest BCUT2D eigenvalue weighted by Crippen LogP contribution is 2.31. The maximum absolute atomic E-state index is 13.0. The molecule has 0 saturated carbocycles. The second kappa shape index (κ2) is 7.85. The molecule has 7 heteroatoms. The molecular formula is C23H17N3O2S2. The first-order valence-electron chi connectivity index (χ1n) is 9.34. The van der Waals surface area contributed by atoms with Crippen LogP contribution in [0.2, 0.25) is 0 Å². The van der Waals surface area contributed by atoms with E-state index in [9.17, 15) is 4.79 Å². The Morgan fingerprint density at radius 2 is 1.87 bits per heavy atom. The van der Waals surface area contributed by atoms with Gasteiger partial charge in [0.25, 0.3) is 5.56 Å². The molecule has 148 valence electrons. The lowest BCUT2D eigenvalue weighted by atomic mass is 10.2. The van der Waals surface area contributed by atoms with E-state index >= 15 is 0 Å². The SMILES string of the molecule is COc1cccc(-c2nc(Cn3cnc4cc(-c5ccccc5)sc4c3=O)cs2)c1. The molecule has 5 rings (SSSR count). The molecule has 0 N–H and O–H groups in total. The standard InChI is InChI=1S/C23H17N3O2S2/c1-28-18-9-5-8-16(10-18)22-25-17(13-29-22)12-26-14-24-19-11-20(30-21(19)23(26)27)15-6-3-2-4-7-15/h2-11,13-14H,12H2,1H3. The lowest BCUT2D eigenvalue weighted by molar-refractivity contribution is 0.415. The molecule has 0 atom stereocenters. The number of thiophene rings is 1. The Morgan fingerprint density at radius 1 is 1.03 bits per heavy atom. The average Bonchev–Trinajstić information content (AvgIpc) is 3.44. The maximum atomic E-state index is 13.0. The van der Waals surface area contributed by atoms with E-state index in [2.05, 4.69) is 4.98 Å². The van der Waals surface area contributed by atoms with Crippen molar-refractivity contribution in [3.63, 3.8) is 0 Å². The lowest BCUT2D eigenvalue weighted by Gasteiger charge is -2.03. The van der Waals surface area contributed by atoms with Gasteiger partial charge in [-0.15, -0.1) is 22.7 Å². The van der Waals surface area contributed by atoms with Crippen molar-refractivity contribution in [3.05, 3.63) is 88.4 Å². The number of ether oxygens (including phenoxy) is 1. The molecule has 0 radical (unpaired) electrons. The van der Waals surface area contributed by atoms with Gasteiger partial charge in [-0.05, 0) is 23.8 Å². The van der Waals surface area contributed by atoms with E-state index in [4.69, 9.17) is 9.72 Å². The molecule has 5 aromatic rings. The minimum Gasteiger partial charge on any atom is -0.497 e. The van der Waals surface area contributed by atoms with Crippen LogP contribution < -0.4 is 10.3 Å². The number of methoxy groups -OCH3 is 1. The maximum Gasteiger partial charge on any atom is 0.271 e. The van der Waals surface area contributed by atoms with Crippen LogP contribution in [0.4, 0.5) is 0 Å². The van der Waals surface area contributed by atoms with Crippen LogP contribution in [-0.4, -0.2) is 21.6 Å². The van der Waals surface area contributed by atoms with Gasteiger partial charge >= 0.3 is 0 Å². The van der Waals surface area contributed by atoms with E-state index in [0.29, 0.717) is 11.2 Å². The van der Waals surface area contributed by atoms with Crippen molar-refractivity contribution in [3.8, 4) is 26.8 Å². The topological polar surface area (TPSA) is 57.0 Å². The van der Waals surface area contributed by atoms with Crippen LogP contribution in [0.3, 0.4) is 0 Å². The largest absolute Gasteiger partial charge is 0.497 e. The van der Waals surface area contributed by atoms with Crippen molar-refractivity contribution in [1.29, 1.82) is 0 Å². The van der Waals surface area contributed by atoms with Crippen LogP contribution in [0.25, 0.3) is 31.2 Å². The molecule has 0 aliphatic heterocycles. The molecule has 0 unspecified atom stereocenters. The summed E-state index contributed by atoms with van der Waals surface area (Å²) in [6, 6.07) is 19.8. The highest BCUT2D eigenvalue weighted by atomic mass is 32.1. The van der Waals surface area contributed by atoms with Gasteiger partial charge in [0, 0.05) is 15.8 Å². The van der Waals surface area contributed by atoms with Crippen LogP contribution in [0.1, 0.15) is 5.69 Å². The van der Waals surface area contributed by atoms with Gasteiger partial charge in [-0.2, -0.15) is 0 Å². The number of benzene rings is 2. The fraction of sp³-hybridized carbons (Fsp3) is 0.0870. The predicted octanol–water partition coefficient (Wildman–Crippen LogP) is 5.31. The van der Waals surface area contributed by atoms with Gasteiger partial charge in [-0.25, -0.2) is 9.97 Å². The van der Waals surface area contributed by atoms with Gasteiger partial charge < -0.3 is 4.74 Å². The number of hydrogen-bond acceptors (Lipinski definition) is 6. The zero-order chi connectivity index (χ0) is 20.5. The number of thiazole rings is 1. The van der Waals surface area contributed by atoms with E-state index in [1.807, 2.05) is 66.0 Å². The molecule has 0 aliphatic rings. The van der Waals surface area contributed by atoms with E-state index in [1.54, 1.807) is 29.3 Å². The minimum atomic E-state index is -0.0388. The fourth-order valence-corrected chi connectivity index (χ4v) is 5.12. The van der Waals surface area contributed by atoms with Gasteiger partial charge in [0.1, 0.15) is 15.5 Å². The van der Waals surface area contributed by atoms with Crippen LogP contribution >= 0.6 is 22.7 Å². The summed E-state index contributed by atoms with van der Waals surface area (Å²) < 4.78 is 7.58. The molecule has 3 heterocycles. The van der Waals surface area contributed by atoms with Crippen LogP contribution in [0.15, 0.2) is 77.2 Å². The van der Waals surface area contributed by atoms with E-state index in [0.717, 1.165) is 38.0 Å². The Morgan fingerprint density at radius 3 is 2.70 bits per heavy atom. The second-order valence-electron chi connectivity index (χ2n) is 6.74. The van der Waals surface area contributed by atoms with Gasteiger partial charge in [-0.1, -0.05) is 42.5 Å². The summed E-state index contributed by atoms with van der Waals surface area (Å²) in [5.74, 6) is 0.794. The normalized spacial score (nSPS) is 11.1. The Labute approximate surface area is 180 Å². The average molecular weight is 432 g/mol. The predicted molar refractivity (Wildman–Crippen MR) is 123 cm³/mol. The quantitative estimate of drug-likeness (QED) is 0.379. The number of nitrogens with zero attached hydrogens (tertiary/aromatic N) is 3. The minimum absolute atomic E-state index is 0.0388. The molecule has 0 spiro atoms. The Bertz CT molecular complexity index is 1390. The number of hydrogen-bond donors (Lipinski definition) is 0. The third-order valence-electron chi connectivity index (χ3n) is 4.76. The van der Waals surface area contributed by atoms with Crippen LogP contribution in [0, 0.1) is 0 Å². The molecule has 0 bridgehead atoms. The smallest absolute Gasteiger partial charge is 0.271 e. The number of fused-ring (bicyclic) bond motifs is 1. The zero-order valence-electron chi connectivity index (χ0n) is 16.1. The van der Waals surface area contributed by atoms with Crippen molar-refractivity contribution in [1.82, 2.24) is 14.5 Å². The first kappa shape index (κ1) is 18.7. The van der Waals surface area contributed by atoms with Crippen molar-refractivity contribution in [2.24, 2.45) is 0 Å². The Balaban J connectivity index is 1.45. The molecule has 0 aliphatic carbocycles. The van der Waals surface area contributed by atoms with Gasteiger partial charge in [0.15, 0.2) is 0 Å². The molecule has 0 saturated heterocycles. The Hall–Kier alpha value is -3.29. The van der Waals surface area contributed by atoms with E-state index in [-0.39, 0.29) is 5.56 Å². The summed E-state index contributed by atoms with van der Waals surface area (Å²) in [6.07, 6.45) is 1.61. The van der Waals surface area contributed by atoms with E-state index < -0.39 is 0 Å². The summed E-state index contributed by atoms with van der Waals surface area (Å²) in [4.78, 5) is 23.3. The third kappa shape index (κ3) is 3.53. The monoisotopic (exact) mass is 431 g/mol. The number of rotatable bonds is 5. The molecule has 0 amide bonds. The van der Waals surface area contributed by atoms with Gasteiger partial charge in [-0.3, -0.25) is 9.36 Å². The highest BCUT2D eigenvalue weighted by molar-refractivity contribution is 7.22. The molecule has 2 aromatic carbocycles.